The summed E-state index contributed by atoms with van der Waals surface area (Å²) in [4.78, 5) is 11.1. The molecule has 0 saturated heterocycles. The number of primary amides is 1. The normalized spacial score (nSPS) is 21.5. The van der Waals surface area contributed by atoms with Crippen LogP contribution >= 0.6 is 11.6 Å². The molecule has 1 amide bonds. The highest BCUT2D eigenvalue weighted by Crippen LogP contribution is 2.29. The molecule has 9 heteroatoms. The number of rotatable bonds is 5. The van der Waals surface area contributed by atoms with Gasteiger partial charge in [0.2, 0.25) is 0 Å². The molecule has 1 aromatic rings. The standard InChI is InChI=1S/C15H18ClF4N3O/c16-11-5-10(14(21)24)12(17)6-13(11)23-9-3-1-8(2-4-9)22-7-15(18,19)20/h5-6,8-9,22-23H,1-4,7H2,(H2,21,24). The average Bonchev–Trinajstić information content (AvgIpc) is 2.49. The molecule has 1 aliphatic rings. The lowest BCUT2D eigenvalue weighted by molar-refractivity contribution is -0.126. The molecule has 0 aromatic heterocycles. The maximum Gasteiger partial charge on any atom is 0.401 e. The highest BCUT2D eigenvalue weighted by Gasteiger charge is 2.29. The minimum atomic E-state index is -4.22. The van der Waals surface area contributed by atoms with Crippen LogP contribution in [0.3, 0.4) is 0 Å². The lowest BCUT2D eigenvalue weighted by atomic mass is 9.91. The van der Waals surface area contributed by atoms with Gasteiger partial charge in [0.25, 0.3) is 5.91 Å². The molecule has 0 atom stereocenters. The van der Waals surface area contributed by atoms with Crippen LogP contribution in [0.15, 0.2) is 12.1 Å². The van der Waals surface area contributed by atoms with E-state index in [1.54, 1.807) is 0 Å². The molecule has 0 aliphatic heterocycles. The number of hydrogen-bond acceptors (Lipinski definition) is 3. The van der Waals surface area contributed by atoms with E-state index in [-0.39, 0.29) is 22.7 Å². The molecule has 0 heterocycles. The molecule has 4 N–H and O–H groups in total. The van der Waals surface area contributed by atoms with Crippen LogP contribution in [0, 0.1) is 5.82 Å². The third-order valence-corrected chi connectivity index (χ3v) is 4.31. The molecule has 0 bridgehead atoms. The van der Waals surface area contributed by atoms with Crippen LogP contribution in [0.4, 0.5) is 23.2 Å². The summed E-state index contributed by atoms with van der Waals surface area (Å²) < 4.78 is 50.4. The number of halogens is 5. The van der Waals surface area contributed by atoms with E-state index in [4.69, 9.17) is 17.3 Å². The van der Waals surface area contributed by atoms with Crippen molar-refractivity contribution in [1.29, 1.82) is 0 Å². The Morgan fingerprint density at radius 3 is 2.33 bits per heavy atom. The summed E-state index contributed by atoms with van der Waals surface area (Å²) in [7, 11) is 0. The Kier molecular flexibility index (Phi) is 5.92. The van der Waals surface area contributed by atoms with Gasteiger partial charge in [-0.05, 0) is 37.8 Å². The van der Waals surface area contributed by atoms with E-state index in [0.717, 1.165) is 12.1 Å². The molecule has 4 nitrogen and oxygen atoms in total. The van der Waals surface area contributed by atoms with Gasteiger partial charge in [-0.3, -0.25) is 4.79 Å². The molecule has 0 spiro atoms. The Hall–Kier alpha value is -1.54. The first-order valence-corrected chi connectivity index (χ1v) is 7.89. The molecular weight excluding hydrogens is 350 g/mol. The van der Waals surface area contributed by atoms with E-state index in [2.05, 4.69) is 10.6 Å². The Bertz CT molecular complexity index is 601. The SMILES string of the molecule is NC(=O)c1cc(Cl)c(NC2CCC(NCC(F)(F)F)CC2)cc1F. The third-order valence-electron chi connectivity index (χ3n) is 4.00. The highest BCUT2D eigenvalue weighted by atomic mass is 35.5. The molecule has 24 heavy (non-hydrogen) atoms. The summed E-state index contributed by atoms with van der Waals surface area (Å²) in [6, 6.07) is 2.06. The van der Waals surface area contributed by atoms with Crippen molar-refractivity contribution in [3.63, 3.8) is 0 Å². The minimum Gasteiger partial charge on any atom is -0.381 e. The number of alkyl halides is 3. The topological polar surface area (TPSA) is 67.2 Å². The number of hydrogen-bond donors (Lipinski definition) is 3. The van der Waals surface area contributed by atoms with E-state index in [1.807, 2.05) is 0 Å². The van der Waals surface area contributed by atoms with Gasteiger partial charge < -0.3 is 16.4 Å². The minimum absolute atomic E-state index is 0.0229. The fourth-order valence-corrected chi connectivity index (χ4v) is 2.99. The van der Waals surface area contributed by atoms with Crippen molar-refractivity contribution in [1.82, 2.24) is 5.32 Å². The number of carbonyl (C=O) groups is 1. The van der Waals surface area contributed by atoms with E-state index in [0.29, 0.717) is 31.4 Å². The quantitative estimate of drug-likeness (QED) is 0.698. The molecule has 1 fully saturated rings. The maximum atomic E-state index is 13.8. The fraction of sp³-hybridized carbons (Fsp3) is 0.533. The maximum absolute atomic E-state index is 13.8. The number of amides is 1. The van der Waals surface area contributed by atoms with Crippen LogP contribution in [-0.4, -0.2) is 30.7 Å². The molecule has 0 radical (unpaired) electrons. The van der Waals surface area contributed by atoms with Crippen molar-refractivity contribution in [2.24, 2.45) is 5.73 Å². The van der Waals surface area contributed by atoms with Crippen LogP contribution in [-0.2, 0) is 0 Å². The summed E-state index contributed by atoms with van der Waals surface area (Å²) in [6.07, 6.45) is -1.81. The van der Waals surface area contributed by atoms with Crippen molar-refractivity contribution >= 4 is 23.2 Å². The smallest absolute Gasteiger partial charge is 0.381 e. The highest BCUT2D eigenvalue weighted by molar-refractivity contribution is 6.33. The van der Waals surface area contributed by atoms with Gasteiger partial charge >= 0.3 is 6.18 Å². The number of nitrogens with one attached hydrogen (secondary N) is 2. The first-order chi connectivity index (χ1) is 11.2. The van der Waals surface area contributed by atoms with Gasteiger partial charge in [-0.25, -0.2) is 4.39 Å². The van der Waals surface area contributed by atoms with Crippen molar-refractivity contribution in [2.75, 3.05) is 11.9 Å². The second-order valence-corrected chi connectivity index (χ2v) is 6.27. The molecular formula is C15H18ClF4N3O. The molecule has 1 aromatic carbocycles. The van der Waals surface area contributed by atoms with Crippen molar-refractivity contribution in [3.05, 3.63) is 28.5 Å². The van der Waals surface area contributed by atoms with Gasteiger partial charge in [-0.15, -0.1) is 0 Å². The van der Waals surface area contributed by atoms with Gasteiger partial charge in [0.05, 0.1) is 22.8 Å². The van der Waals surface area contributed by atoms with Gasteiger partial charge in [0.1, 0.15) is 5.82 Å². The Morgan fingerprint density at radius 2 is 1.79 bits per heavy atom. The van der Waals surface area contributed by atoms with Crippen molar-refractivity contribution in [3.8, 4) is 0 Å². The molecule has 0 unspecified atom stereocenters. The third kappa shape index (κ3) is 5.24. The second-order valence-electron chi connectivity index (χ2n) is 5.87. The van der Waals surface area contributed by atoms with Crippen LogP contribution in [0.25, 0.3) is 0 Å². The van der Waals surface area contributed by atoms with Gasteiger partial charge in [0, 0.05) is 12.1 Å². The Labute approximate surface area is 141 Å². The summed E-state index contributed by atoms with van der Waals surface area (Å²) in [5, 5.41) is 5.74. The first kappa shape index (κ1) is 18.8. The fourth-order valence-electron chi connectivity index (χ4n) is 2.77. The van der Waals surface area contributed by atoms with Crippen molar-refractivity contribution in [2.45, 2.75) is 43.9 Å². The van der Waals surface area contributed by atoms with Crippen LogP contribution < -0.4 is 16.4 Å². The van der Waals surface area contributed by atoms with E-state index >= 15 is 0 Å². The number of anilines is 1. The number of carbonyl (C=O) groups excluding carboxylic acids is 1. The average molecular weight is 368 g/mol. The van der Waals surface area contributed by atoms with Gasteiger partial charge in [0.15, 0.2) is 0 Å². The lowest BCUT2D eigenvalue weighted by Gasteiger charge is -2.31. The summed E-state index contributed by atoms with van der Waals surface area (Å²) >= 11 is 6.02. The molecule has 1 aliphatic carbocycles. The summed E-state index contributed by atoms with van der Waals surface area (Å²) in [6.45, 7) is -0.999. The number of benzene rings is 1. The molecule has 134 valence electrons. The first-order valence-electron chi connectivity index (χ1n) is 7.51. The number of nitrogens with two attached hydrogens (primary N) is 1. The zero-order valence-corrected chi connectivity index (χ0v) is 13.5. The van der Waals surface area contributed by atoms with E-state index in [9.17, 15) is 22.4 Å². The largest absolute Gasteiger partial charge is 0.401 e. The Balaban J connectivity index is 1.90. The summed E-state index contributed by atoms with van der Waals surface area (Å²) in [5.41, 5.74) is 5.10. The van der Waals surface area contributed by atoms with E-state index in [1.165, 1.54) is 0 Å². The lowest BCUT2D eigenvalue weighted by Crippen LogP contribution is -2.41. The predicted octanol–water partition coefficient (Wildman–Crippen LogP) is 3.45. The van der Waals surface area contributed by atoms with Crippen LogP contribution in [0.1, 0.15) is 36.0 Å². The van der Waals surface area contributed by atoms with Crippen LogP contribution in [0.5, 0.6) is 0 Å². The van der Waals surface area contributed by atoms with Crippen molar-refractivity contribution < 1.29 is 22.4 Å². The monoisotopic (exact) mass is 367 g/mol. The second kappa shape index (κ2) is 7.57. The zero-order chi connectivity index (χ0) is 17.9. The van der Waals surface area contributed by atoms with Crippen LogP contribution in [0.2, 0.25) is 5.02 Å². The van der Waals surface area contributed by atoms with Gasteiger partial charge in [-0.1, -0.05) is 11.6 Å². The van der Waals surface area contributed by atoms with Gasteiger partial charge in [-0.2, -0.15) is 13.2 Å². The zero-order valence-electron chi connectivity index (χ0n) is 12.7. The van der Waals surface area contributed by atoms with E-state index < -0.39 is 24.4 Å². The predicted molar refractivity (Wildman–Crippen MR) is 83.7 cm³/mol. The molecule has 2 rings (SSSR count). The summed E-state index contributed by atoms with van der Waals surface area (Å²) in [5.74, 6) is -1.67. The Morgan fingerprint density at radius 1 is 1.21 bits per heavy atom. The molecule has 1 saturated carbocycles.